The van der Waals surface area contributed by atoms with E-state index in [-0.39, 0.29) is 22.5 Å². The Kier molecular flexibility index (Phi) is 4.87. The summed E-state index contributed by atoms with van der Waals surface area (Å²) in [4.78, 5) is 24.0. The van der Waals surface area contributed by atoms with Crippen molar-refractivity contribution in [2.45, 2.75) is 0 Å². The molecule has 0 aliphatic heterocycles. The van der Waals surface area contributed by atoms with Gasteiger partial charge in [-0.1, -0.05) is 0 Å². The minimum Gasteiger partial charge on any atom is -0.465 e. The van der Waals surface area contributed by atoms with E-state index in [2.05, 4.69) is 4.74 Å². The highest BCUT2D eigenvalue weighted by Crippen LogP contribution is 2.24. The maximum Gasteiger partial charge on any atom is 0.337 e. The van der Waals surface area contributed by atoms with Crippen molar-refractivity contribution in [3.63, 3.8) is 0 Å². The molecule has 0 unspecified atom stereocenters. The third-order valence-electron chi connectivity index (χ3n) is 3.47. The van der Waals surface area contributed by atoms with E-state index >= 15 is 0 Å². The summed E-state index contributed by atoms with van der Waals surface area (Å²) >= 11 is 0. The molecule has 0 fully saturated rings. The van der Waals surface area contributed by atoms with Gasteiger partial charge in [-0.2, -0.15) is 8.42 Å². The molecule has 0 aliphatic rings. The lowest BCUT2D eigenvalue weighted by molar-refractivity contribution is 0.0600. The van der Waals surface area contributed by atoms with Crippen molar-refractivity contribution in [3.05, 3.63) is 64.5 Å². The van der Waals surface area contributed by atoms with Crippen LogP contribution >= 0.6 is 0 Å². The van der Waals surface area contributed by atoms with Crippen molar-refractivity contribution in [1.29, 1.82) is 0 Å². The van der Waals surface area contributed by atoms with Gasteiger partial charge in [0.2, 0.25) is 11.2 Å². The van der Waals surface area contributed by atoms with Gasteiger partial charge in [-0.15, -0.1) is 0 Å². The molecule has 0 saturated heterocycles. The van der Waals surface area contributed by atoms with E-state index in [0.717, 1.165) is 12.5 Å². The van der Waals surface area contributed by atoms with E-state index < -0.39 is 21.5 Å². The second kappa shape index (κ2) is 7.12. The lowest BCUT2D eigenvalue weighted by Crippen LogP contribution is -2.07. The largest absolute Gasteiger partial charge is 0.465 e. The van der Waals surface area contributed by atoms with E-state index in [0.29, 0.717) is 11.3 Å². The first kappa shape index (κ1) is 18.5. The summed E-state index contributed by atoms with van der Waals surface area (Å²) in [6.07, 6.45) is 2.03. The topological polar surface area (TPSA) is 109 Å². The van der Waals surface area contributed by atoms with E-state index in [4.69, 9.17) is 13.3 Å². The smallest absolute Gasteiger partial charge is 0.337 e. The average molecular weight is 390 g/mol. The number of hydrogen-bond donors (Lipinski definition) is 0. The monoisotopic (exact) mass is 390 g/mol. The average Bonchev–Trinajstić information content (AvgIpc) is 2.62. The van der Waals surface area contributed by atoms with E-state index in [1.807, 2.05) is 0 Å². The Labute approximate surface area is 154 Å². The number of fused-ring (bicyclic) bond motifs is 1. The summed E-state index contributed by atoms with van der Waals surface area (Å²) in [6, 6.07) is 10.0. The zero-order chi connectivity index (χ0) is 19.6. The molecule has 0 N–H and O–H groups in total. The van der Waals surface area contributed by atoms with Crippen molar-refractivity contribution in [1.82, 2.24) is 0 Å². The Balaban J connectivity index is 1.89. The van der Waals surface area contributed by atoms with Gasteiger partial charge in [0.05, 0.1) is 24.3 Å². The van der Waals surface area contributed by atoms with Crippen molar-refractivity contribution in [3.8, 4) is 17.2 Å². The van der Waals surface area contributed by atoms with Crippen molar-refractivity contribution < 1.29 is 31.3 Å². The molecule has 0 atom stereocenters. The van der Waals surface area contributed by atoms with Crippen LogP contribution in [-0.4, -0.2) is 27.8 Å². The summed E-state index contributed by atoms with van der Waals surface area (Å²) in [7, 11) is -2.42. The molecule has 2 aromatic carbocycles. The number of rotatable bonds is 5. The zero-order valence-corrected chi connectivity index (χ0v) is 15.1. The molecule has 9 heteroatoms. The van der Waals surface area contributed by atoms with Gasteiger partial charge in [-0.05, 0) is 36.4 Å². The molecule has 140 valence electrons. The van der Waals surface area contributed by atoms with Crippen molar-refractivity contribution in [2.24, 2.45) is 0 Å². The predicted octanol–water partition coefficient (Wildman–Crippen LogP) is 2.71. The molecule has 8 nitrogen and oxygen atoms in total. The van der Waals surface area contributed by atoms with Gasteiger partial charge < -0.3 is 18.1 Å². The van der Waals surface area contributed by atoms with Gasteiger partial charge >= 0.3 is 16.1 Å². The van der Waals surface area contributed by atoms with Crippen LogP contribution in [0.2, 0.25) is 0 Å². The summed E-state index contributed by atoms with van der Waals surface area (Å²) < 4.78 is 42.6. The molecule has 0 spiro atoms. The molecule has 3 aromatic rings. The second-order valence-electron chi connectivity index (χ2n) is 5.49. The van der Waals surface area contributed by atoms with Crippen LogP contribution in [-0.2, 0) is 14.9 Å². The standard InChI is InChI=1S/C18H14O8S/c1-23-18(20)11-3-5-12(6-4-11)25-16-10-24-15-9-13(26-27(2,21)22)7-8-14(15)17(16)19/h3-10H,1-2H3. The zero-order valence-electron chi connectivity index (χ0n) is 14.3. The molecule has 3 rings (SSSR count). The molecule has 1 aromatic heterocycles. The summed E-state index contributed by atoms with van der Waals surface area (Å²) in [5.74, 6) is -0.199. The van der Waals surface area contributed by atoms with Crippen LogP contribution in [0.1, 0.15) is 10.4 Å². The number of hydrogen-bond acceptors (Lipinski definition) is 8. The van der Waals surface area contributed by atoms with Gasteiger partial charge in [0, 0.05) is 6.07 Å². The summed E-state index contributed by atoms with van der Waals surface area (Å²) in [6.45, 7) is 0. The number of esters is 1. The fourth-order valence-electron chi connectivity index (χ4n) is 2.29. The minimum absolute atomic E-state index is 0.0280. The van der Waals surface area contributed by atoms with Crippen LogP contribution in [0.25, 0.3) is 11.0 Å². The van der Waals surface area contributed by atoms with Crippen LogP contribution in [0.5, 0.6) is 17.2 Å². The Morgan fingerprint density at radius 3 is 2.33 bits per heavy atom. The first-order valence-electron chi connectivity index (χ1n) is 7.58. The van der Waals surface area contributed by atoms with Crippen molar-refractivity contribution >= 4 is 27.1 Å². The number of ether oxygens (including phenoxy) is 2. The Morgan fingerprint density at radius 2 is 1.70 bits per heavy atom. The molecular weight excluding hydrogens is 376 g/mol. The fraction of sp³-hybridized carbons (Fsp3) is 0.111. The highest BCUT2D eigenvalue weighted by atomic mass is 32.2. The van der Waals surface area contributed by atoms with Crippen LogP contribution in [0.15, 0.2) is 57.9 Å². The SMILES string of the molecule is COC(=O)c1ccc(Oc2coc3cc(OS(C)(=O)=O)ccc3c2=O)cc1. The first-order valence-corrected chi connectivity index (χ1v) is 9.40. The molecule has 0 aliphatic carbocycles. The third kappa shape index (κ3) is 4.26. The summed E-state index contributed by atoms with van der Waals surface area (Å²) in [5, 5.41) is 0.194. The molecule has 0 bridgehead atoms. The van der Waals surface area contributed by atoms with Crippen LogP contribution in [0.3, 0.4) is 0 Å². The minimum atomic E-state index is -3.69. The van der Waals surface area contributed by atoms with Gasteiger partial charge in [-0.3, -0.25) is 4.79 Å². The molecule has 0 saturated carbocycles. The summed E-state index contributed by atoms with van der Waals surface area (Å²) in [5.41, 5.74) is 0.0440. The second-order valence-corrected chi connectivity index (χ2v) is 7.07. The van der Waals surface area contributed by atoms with E-state index in [9.17, 15) is 18.0 Å². The predicted molar refractivity (Wildman–Crippen MR) is 95.8 cm³/mol. The number of carbonyl (C=O) groups excluding carboxylic acids is 1. The van der Waals surface area contributed by atoms with Crippen molar-refractivity contribution in [2.75, 3.05) is 13.4 Å². The normalized spacial score (nSPS) is 11.2. The Bertz CT molecular complexity index is 1160. The Hall–Kier alpha value is -3.33. The third-order valence-corrected chi connectivity index (χ3v) is 3.96. The van der Waals surface area contributed by atoms with Gasteiger partial charge in [0.25, 0.3) is 0 Å². The van der Waals surface area contributed by atoms with Gasteiger partial charge in [0.15, 0.2) is 0 Å². The molecule has 0 amide bonds. The molecular formula is C18H14O8S. The van der Waals surface area contributed by atoms with Crippen LogP contribution < -0.4 is 14.3 Å². The number of benzene rings is 2. The van der Waals surface area contributed by atoms with Crippen LogP contribution in [0, 0.1) is 0 Å². The maximum absolute atomic E-state index is 12.5. The molecule has 1 heterocycles. The Morgan fingerprint density at radius 1 is 1.04 bits per heavy atom. The van der Waals surface area contributed by atoms with E-state index in [1.54, 1.807) is 0 Å². The number of carbonyl (C=O) groups is 1. The lowest BCUT2D eigenvalue weighted by Gasteiger charge is -2.07. The molecule has 27 heavy (non-hydrogen) atoms. The highest BCUT2D eigenvalue weighted by Gasteiger charge is 2.12. The lowest BCUT2D eigenvalue weighted by atomic mass is 10.2. The first-order chi connectivity index (χ1) is 12.8. The van der Waals surface area contributed by atoms with E-state index in [1.165, 1.54) is 49.6 Å². The fourth-order valence-corrected chi connectivity index (χ4v) is 2.75. The highest BCUT2D eigenvalue weighted by molar-refractivity contribution is 7.86. The van der Waals surface area contributed by atoms with Gasteiger partial charge in [0.1, 0.15) is 23.3 Å². The van der Waals surface area contributed by atoms with Gasteiger partial charge in [-0.25, -0.2) is 4.79 Å². The maximum atomic E-state index is 12.5. The molecule has 0 radical (unpaired) electrons. The number of methoxy groups -OCH3 is 1. The quantitative estimate of drug-likeness (QED) is 0.483. The van der Waals surface area contributed by atoms with Crippen LogP contribution in [0.4, 0.5) is 0 Å².